The van der Waals surface area contributed by atoms with Gasteiger partial charge in [0.1, 0.15) is 5.70 Å². The molecule has 1 aromatic rings. The summed E-state index contributed by atoms with van der Waals surface area (Å²) < 4.78 is 20.5. The lowest BCUT2D eigenvalue weighted by atomic mass is 10.1. The molecule has 0 saturated heterocycles. The van der Waals surface area contributed by atoms with Gasteiger partial charge in [-0.1, -0.05) is 5.11 Å². The van der Waals surface area contributed by atoms with Gasteiger partial charge in [-0.25, -0.2) is 4.79 Å². The van der Waals surface area contributed by atoms with E-state index in [4.69, 9.17) is 24.5 Å². The van der Waals surface area contributed by atoms with Crippen molar-refractivity contribution in [3.8, 4) is 17.2 Å². The molecule has 0 bridgehead atoms. The Kier molecular flexibility index (Phi) is 6.59. The number of carbonyl (C=O) groups is 1. The molecule has 0 heterocycles. The van der Waals surface area contributed by atoms with Crippen molar-refractivity contribution in [1.29, 1.82) is 0 Å². The van der Waals surface area contributed by atoms with Crippen LogP contribution < -0.4 is 14.2 Å². The van der Waals surface area contributed by atoms with E-state index in [2.05, 4.69) is 10.0 Å². The number of methoxy groups -OCH3 is 3. The molecular weight excluding hydrogens is 290 g/mol. The van der Waals surface area contributed by atoms with Gasteiger partial charge in [-0.05, 0) is 30.7 Å². The van der Waals surface area contributed by atoms with Gasteiger partial charge < -0.3 is 18.9 Å². The number of rotatable bonds is 7. The van der Waals surface area contributed by atoms with Gasteiger partial charge in [0.05, 0.1) is 27.9 Å². The lowest BCUT2D eigenvalue weighted by Gasteiger charge is -2.14. The SMILES string of the molecule is CCOC(=O)/C(=C/c1ccc(OC)c(OC)c1OC)N=[N+]=[N-]. The fourth-order valence-corrected chi connectivity index (χ4v) is 1.77. The van der Waals surface area contributed by atoms with Crippen molar-refractivity contribution in [1.82, 2.24) is 0 Å². The maximum absolute atomic E-state index is 11.8. The molecule has 8 heteroatoms. The van der Waals surface area contributed by atoms with E-state index in [0.29, 0.717) is 22.8 Å². The van der Waals surface area contributed by atoms with Crippen LogP contribution in [-0.4, -0.2) is 33.9 Å². The molecule has 0 aliphatic carbocycles. The molecule has 118 valence electrons. The molecule has 0 aliphatic heterocycles. The van der Waals surface area contributed by atoms with Crippen LogP contribution in [0.5, 0.6) is 17.2 Å². The smallest absolute Gasteiger partial charge is 0.340 e. The quantitative estimate of drug-likeness (QED) is 0.253. The van der Waals surface area contributed by atoms with E-state index in [1.807, 2.05) is 0 Å². The predicted octanol–water partition coefficient (Wildman–Crippen LogP) is 2.93. The van der Waals surface area contributed by atoms with Crippen molar-refractivity contribution in [2.45, 2.75) is 6.92 Å². The zero-order chi connectivity index (χ0) is 16.5. The Balaban J connectivity index is 3.43. The van der Waals surface area contributed by atoms with E-state index in [-0.39, 0.29) is 12.3 Å². The van der Waals surface area contributed by atoms with E-state index < -0.39 is 5.97 Å². The molecule has 0 unspecified atom stereocenters. The minimum Gasteiger partial charge on any atom is -0.493 e. The van der Waals surface area contributed by atoms with Crippen LogP contribution in [0, 0.1) is 0 Å². The van der Waals surface area contributed by atoms with Gasteiger partial charge in [-0.2, -0.15) is 0 Å². The molecule has 0 aromatic heterocycles. The third-order valence-electron chi connectivity index (χ3n) is 2.66. The number of hydrogen-bond donors (Lipinski definition) is 0. The van der Waals surface area contributed by atoms with E-state index in [1.54, 1.807) is 19.1 Å². The summed E-state index contributed by atoms with van der Waals surface area (Å²) in [6.45, 7) is 1.82. The van der Waals surface area contributed by atoms with Crippen molar-refractivity contribution in [3.63, 3.8) is 0 Å². The minimum absolute atomic E-state index is 0.167. The van der Waals surface area contributed by atoms with Gasteiger partial charge in [0.15, 0.2) is 11.5 Å². The topological polar surface area (TPSA) is 103 Å². The highest BCUT2D eigenvalue weighted by atomic mass is 16.5. The van der Waals surface area contributed by atoms with Crippen LogP contribution in [0.2, 0.25) is 0 Å². The maximum Gasteiger partial charge on any atom is 0.340 e. The Bertz CT molecular complexity index is 621. The van der Waals surface area contributed by atoms with Crippen LogP contribution in [0.3, 0.4) is 0 Å². The monoisotopic (exact) mass is 307 g/mol. The molecule has 1 aromatic carbocycles. The molecule has 0 saturated carbocycles. The van der Waals surface area contributed by atoms with Crippen LogP contribution >= 0.6 is 0 Å². The molecule has 0 amide bonds. The van der Waals surface area contributed by atoms with E-state index >= 15 is 0 Å². The molecule has 0 spiro atoms. The number of esters is 1. The van der Waals surface area contributed by atoms with Crippen LogP contribution in [0.1, 0.15) is 12.5 Å². The van der Waals surface area contributed by atoms with Crippen molar-refractivity contribution < 1.29 is 23.7 Å². The molecular formula is C14H17N3O5. The summed E-state index contributed by atoms with van der Waals surface area (Å²) in [4.78, 5) is 14.4. The Morgan fingerprint density at radius 2 is 1.91 bits per heavy atom. The second-order valence-electron chi connectivity index (χ2n) is 3.86. The molecule has 0 fully saturated rings. The van der Waals surface area contributed by atoms with Gasteiger partial charge in [-0.3, -0.25) is 0 Å². The zero-order valence-corrected chi connectivity index (χ0v) is 12.8. The number of ether oxygens (including phenoxy) is 4. The Hall–Kier alpha value is -2.86. The Morgan fingerprint density at radius 3 is 2.41 bits per heavy atom. The summed E-state index contributed by atoms with van der Waals surface area (Å²) in [5.41, 5.74) is 8.87. The predicted molar refractivity (Wildman–Crippen MR) is 79.9 cm³/mol. The van der Waals surface area contributed by atoms with E-state index in [0.717, 1.165) is 0 Å². The number of nitrogens with zero attached hydrogens (tertiary/aromatic N) is 3. The normalized spacial score (nSPS) is 10.5. The van der Waals surface area contributed by atoms with Crippen molar-refractivity contribution >= 4 is 12.0 Å². The van der Waals surface area contributed by atoms with Gasteiger partial charge >= 0.3 is 5.97 Å². The van der Waals surface area contributed by atoms with Gasteiger partial charge in [-0.15, -0.1) is 0 Å². The van der Waals surface area contributed by atoms with Crippen molar-refractivity contribution in [3.05, 3.63) is 33.8 Å². The van der Waals surface area contributed by atoms with Crippen molar-refractivity contribution in [2.75, 3.05) is 27.9 Å². The van der Waals surface area contributed by atoms with E-state index in [1.165, 1.54) is 27.4 Å². The summed E-state index contributed by atoms with van der Waals surface area (Å²) in [7, 11) is 4.41. The summed E-state index contributed by atoms with van der Waals surface area (Å²) in [5, 5.41) is 3.35. The molecule has 22 heavy (non-hydrogen) atoms. The highest BCUT2D eigenvalue weighted by Crippen LogP contribution is 2.40. The summed E-state index contributed by atoms with van der Waals surface area (Å²) in [6.07, 6.45) is 1.36. The largest absolute Gasteiger partial charge is 0.493 e. The fourth-order valence-electron chi connectivity index (χ4n) is 1.77. The van der Waals surface area contributed by atoms with Crippen LogP contribution in [-0.2, 0) is 9.53 Å². The Morgan fingerprint density at radius 1 is 1.23 bits per heavy atom. The van der Waals surface area contributed by atoms with Crippen LogP contribution in [0.25, 0.3) is 16.5 Å². The first kappa shape index (κ1) is 17.2. The highest BCUT2D eigenvalue weighted by molar-refractivity contribution is 5.94. The second kappa shape index (κ2) is 8.43. The third-order valence-corrected chi connectivity index (χ3v) is 2.66. The molecule has 0 radical (unpaired) electrons. The lowest BCUT2D eigenvalue weighted by molar-refractivity contribution is -0.138. The number of azide groups is 1. The van der Waals surface area contributed by atoms with Gasteiger partial charge in [0, 0.05) is 10.5 Å². The standard InChI is InChI=1S/C14H17N3O5/c1-5-22-14(18)10(16-17-15)8-9-6-7-11(19-2)13(21-4)12(9)20-3/h6-8H,5H2,1-4H3/b10-8-. The second-order valence-corrected chi connectivity index (χ2v) is 3.86. The van der Waals surface area contributed by atoms with Gasteiger partial charge in [0.2, 0.25) is 5.75 Å². The molecule has 8 nitrogen and oxygen atoms in total. The first-order chi connectivity index (χ1) is 10.6. The van der Waals surface area contributed by atoms with Crippen molar-refractivity contribution in [2.24, 2.45) is 5.11 Å². The van der Waals surface area contributed by atoms with Gasteiger partial charge in [0.25, 0.3) is 0 Å². The number of carbonyl (C=O) groups excluding carboxylic acids is 1. The fraction of sp³-hybridized carbons (Fsp3) is 0.357. The molecule has 0 atom stereocenters. The summed E-state index contributed by atoms with van der Waals surface area (Å²) >= 11 is 0. The molecule has 0 N–H and O–H groups in total. The average molecular weight is 307 g/mol. The van der Waals surface area contributed by atoms with Crippen LogP contribution in [0.15, 0.2) is 22.9 Å². The van der Waals surface area contributed by atoms with E-state index in [9.17, 15) is 4.79 Å². The first-order valence-corrected chi connectivity index (χ1v) is 6.35. The zero-order valence-electron chi connectivity index (χ0n) is 12.8. The number of hydrogen-bond acceptors (Lipinski definition) is 6. The lowest BCUT2D eigenvalue weighted by Crippen LogP contribution is -2.06. The first-order valence-electron chi connectivity index (χ1n) is 6.35. The van der Waals surface area contributed by atoms with Crippen LogP contribution in [0.4, 0.5) is 0 Å². The minimum atomic E-state index is -0.725. The maximum atomic E-state index is 11.8. The number of benzene rings is 1. The third kappa shape index (κ3) is 3.83. The summed E-state index contributed by atoms with van der Waals surface area (Å²) in [5.74, 6) is 0.454. The highest BCUT2D eigenvalue weighted by Gasteiger charge is 2.17. The molecule has 0 aliphatic rings. The summed E-state index contributed by atoms with van der Waals surface area (Å²) in [6, 6.07) is 3.29. The Labute approximate surface area is 127 Å². The molecule has 1 rings (SSSR count). The average Bonchev–Trinajstić information content (AvgIpc) is 2.53.